The van der Waals surface area contributed by atoms with E-state index in [0.717, 1.165) is 50.1 Å². The number of benzene rings is 2. The second-order valence-electron chi connectivity index (χ2n) is 6.65. The number of ether oxygens (including phenoxy) is 1. The lowest BCUT2D eigenvalue weighted by Gasteiger charge is -2.28. The molecule has 5 aromatic rings. The van der Waals surface area contributed by atoms with Crippen molar-refractivity contribution in [2.45, 2.75) is 6.10 Å². The summed E-state index contributed by atoms with van der Waals surface area (Å²) in [5, 5.41) is 3.27. The number of fused-ring (bicyclic) bond motifs is 6. The first-order chi connectivity index (χ1) is 13.4. The van der Waals surface area contributed by atoms with E-state index in [2.05, 4.69) is 29.2 Å². The first kappa shape index (κ1) is 14.5. The van der Waals surface area contributed by atoms with Crippen LogP contribution in [0.3, 0.4) is 0 Å². The van der Waals surface area contributed by atoms with Gasteiger partial charge in [-0.25, -0.2) is 9.97 Å². The fraction of sp³-hybridized carbons (Fsp3) is 0.0435. The van der Waals surface area contributed by atoms with E-state index in [-0.39, 0.29) is 6.10 Å². The molecule has 0 saturated carbocycles. The lowest BCUT2D eigenvalue weighted by Crippen LogP contribution is -2.16. The minimum Gasteiger partial charge on any atom is -0.477 e. The molecule has 0 fully saturated rings. The van der Waals surface area contributed by atoms with Crippen LogP contribution < -0.4 is 4.74 Å². The fourth-order valence-corrected chi connectivity index (χ4v) is 3.86. The highest BCUT2D eigenvalue weighted by Gasteiger charge is 2.32. The van der Waals surface area contributed by atoms with Crippen molar-refractivity contribution in [1.29, 1.82) is 0 Å². The van der Waals surface area contributed by atoms with Gasteiger partial charge in [-0.2, -0.15) is 0 Å². The van der Waals surface area contributed by atoms with Gasteiger partial charge in [0.25, 0.3) is 0 Å². The minimum absolute atomic E-state index is 0.333. The molecule has 0 bridgehead atoms. The van der Waals surface area contributed by atoms with Crippen molar-refractivity contribution >= 4 is 21.8 Å². The molecule has 4 nitrogen and oxygen atoms in total. The number of aromatic nitrogens is 2. The van der Waals surface area contributed by atoms with Crippen LogP contribution in [0.15, 0.2) is 83.6 Å². The Hall–Kier alpha value is -3.66. The normalized spacial score (nSPS) is 15.3. The van der Waals surface area contributed by atoms with Gasteiger partial charge in [-0.05, 0) is 47.2 Å². The SMILES string of the molecule is c1coc(C2Oc3ccc4ccccc4c3-c3nc4ncccc4cc32)c1. The lowest BCUT2D eigenvalue weighted by atomic mass is 9.92. The molecule has 0 spiro atoms. The molecule has 128 valence electrons. The van der Waals surface area contributed by atoms with E-state index in [1.54, 1.807) is 12.5 Å². The Morgan fingerprint density at radius 2 is 1.78 bits per heavy atom. The van der Waals surface area contributed by atoms with Crippen LogP contribution in [-0.2, 0) is 0 Å². The Morgan fingerprint density at radius 1 is 0.852 bits per heavy atom. The van der Waals surface area contributed by atoms with Crippen LogP contribution in [0, 0.1) is 0 Å². The topological polar surface area (TPSA) is 48.2 Å². The highest BCUT2D eigenvalue weighted by Crippen LogP contribution is 2.47. The Bertz CT molecular complexity index is 1310. The monoisotopic (exact) mass is 350 g/mol. The number of furan rings is 1. The molecule has 0 radical (unpaired) electrons. The van der Waals surface area contributed by atoms with Crippen LogP contribution in [0.25, 0.3) is 33.1 Å². The van der Waals surface area contributed by atoms with Crippen molar-refractivity contribution in [2.24, 2.45) is 0 Å². The summed E-state index contributed by atoms with van der Waals surface area (Å²) in [6, 6.07) is 22.3. The van der Waals surface area contributed by atoms with Crippen LogP contribution in [0.2, 0.25) is 0 Å². The average Bonchev–Trinajstić information content (AvgIpc) is 3.26. The Kier molecular flexibility index (Phi) is 2.91. The molecule has 0 amide bonds. The number of rotatable bonds is 1. The van der Waals surface area contributed by atoms with Gasteiger partial charge >= 0.3 is 0 Å². The van der Waals surface area contributed by atoms with Crippen LogP contribution in [0.1, 0.15) is 17.4 Å². The maximum atomic E-state index is 6.41. The molecule has 1 unspecified atom stereocenters. The van der Waals surface area contributed by atoms with Gasteiger partial charge < -0.3 is 9.15 Å². The summed E-state index contributed by atoms with van der Waals surface area (Å²) < 4.78 is 12.1. The van der Waals surface area contributed by atoms with Crippen molar-refractivity contribution in [3.8, 4) is 17.0 Å². The summed E-state index contributed by atoms with van der Waals surface area (Å²) >= 11 is 0. The van der Waals surface area contributed by atoms with Crippen molar-refractivity contribution < 1.29 is 9.15 Å². The zero-order valence-electron chi connectivity index (χ0n) is 14.3. The standard InChI is InChI=1S/C23H14N2O2/c1-2-7-16-14(5-1)9-10-18-20(16)21-17(22(27-18)19-8-4-12-26-19)13-15-6-3-11-24-23(15)25-21/h1-13,22H. The molecule has 2 aromatic carbocycles. The van der Waals surface area contributed by atoms with Crippen LogP contribution in [-0.4, -0.2) is 9.97 Å². The van der Waals surface area contributed by atoms with Crippen molar-refractivity contribution in [3.63, 3.8) is 0 Å². The molecule has 0 N–H and O–H groups in total. The molecule has 0 aliphatic carbocycles. The molecule has 4 heterocycles. The summed E-state index contributed by atoms with van der Waals surface area (Å²) in [5.41, 5.74) is 3.64. The van der Waals surface area contributed by atoms with Crippen molar-refractivity contribution in [3.05, 3.63) is 90.5 Å². The smallest absolute Gasteiger partial charge is 0.183 e. The third-order valence-corrected chi connectivity index (χ3v) is 5.08. The second kappa shape index (κ2) is 5.42. The summed E-state index contributed by atoms with van der Waals surface area (Å²) in [7, 11) is 0. The molecule has 27 heavy (non-hydrogen) atoms. The molecular weight excluding hydrogens is 336 g/mol. The van der Waals surface area contributed by atoms with E-state index >= 15 is 0 Å². The van der Waals surface area contributed by atoms with Crippen molar-refractivity contribution in [1.82, 2.24) is 9.97 Å². The predicted octanol–water partition coefficient (Wildman–Crippen LogP) is 5.52. The van der Waals surface area contributed by atoms with Crippen LogP contribution in [0.4, 0.5) is 0 Å². The molecule has 6 rings (SSSR count). The average molecular weight is 350 g/mol. The van der Waals surface area contributed by atoms with Gasteiger partial charge in [0.2, 0.25) is 0 Å². The van der Waals surface area contributed by atoms with E-state index in [4.69, 9.17) is 14.1 Å². The second-order valence-corrected chi connectivity index (χ2v) is 6.65. The van der Waals surface area contributed by atoms with Crippen LogP contribution in [0.5, 0.6) is 5.75 Å². The van der Waals surface area contributed by atoms with E-state index in [0.29, 0.717) is 0 Å². The number of hydrogen-bond acceptors (Lipinski definition) is 4. The molecule has 1 atom stereocenters. The first-order valence-corrected chi connectivity index (χ1v) is 8.86. The molecule has 1 aliphatic rings. The first-order valence-electron chi connectivity index (χ1n) is 8.86. The predicted molar refractivity (Wildman–Crippen MR) is 104 cm³/mol. The third-order valence-electron chi connectivity index (χ3n) is 5.08. The molecule has 4 heteroatoms. The summed E-state index contributed by atoms with van der Waals surface area (Å²) in [4.78, 5) is 9.39. The summed E-state index contributed by atoms with van der Waals surface area (Å²) in [6.07, 6.45) is 3.11. The van der Waals surface area contributed by atoms with E-state index < -0.39 is 0 Å². The highest BCUT2D eigenvalue weighted by molar-refractivity contribution is 6.01. The molecule has 3 aromatic heterocycles. The van der Waals surface area contributed by atoms with E-state index in [9.17, 15) is 0 Å². The molecule has 0 saturated heterocycles. The number of hydrogen-bond donors (Lipinski definition) is 0. The van der Waals surface area contributed by atoms with Gasteiger partial charge in [-0.1, -0.05) is 30.3 Å². The zero-order valence-corrected chi connectivity index (χ0v) is 14.3. The molecular formula is C23H14N2O2. The third kappa shape index (κ3) is 2.10. The zero-order chi connectivity index (χ0) is 17.8. The number of pyridine rings is 2. The Labute approximate surface area is 155 Å². The fourth-order valence-electron chi connectivity index (χ4n) is 3.86. The minimum atomic E-state index is -0.333. The summed E-state index contributed by atoms with van der Waals surface area (Å²) in [6.45, 7) is 0. The van der Waals surface area contributed by atoms with Gasteiger partial charge in [0.1, 0.15) is 11.5 Å². The maximum absolute atomic E-state index is 6.41. The van der Waals surface area contributed by atoms with Gasteiger partial charge in [0.15, 0.2) is 11.8 Å². The van der Waals surface area contributed by atoms with Gasteiger partial charge in [0.05, 0.1) is 17.5 Å². The van der Waals surface area contributed by atoms with Gasteiger partial charge in [0, 0.05) is 17.1 Å². The number of nitrogens with zero attached hydrogens (tertiary/aromatic N) is 2. The van der Waals surface area contributed by atoms with Crippen LogP contribution >= 0.6 is 0 Å². The van der Waals surface area contributed by atoms with Gasteiger partial charge in [-0.15, -0.1) is 0 Å². The Balaban J connectivity index is 1.73. The molecule has 1 aliphatic heterocycles. The quantitative estimate of drug-likeness (QED) is 0.399. The van der Waals surface area contributed by atoms with Gasteiger partial charge in [-0.3, -0.25) is 0 Å². The van der Waals surface area contributed by atoms with E-state index in [1.165, 1.54) is 0 Å². The Morgan fingerprint density at radius 3 is 2.70 bits per heavy atom. The van der Waals surface area contributed by atoms with E-state index in [1.807, 2.05) is 42.5 Å². The largest absolute Gasteiger partial charge is 0.477 e. The van der Waals surface area contributed by atoms with Crippen molar-refractivity contribution in [2.75, 3.05) is 0 Å². The summed E-state index contributed by atoms with van der Waals surface area (Å²) in [5.74, 6) is 1.57. The lowest BCUT2D eigenvalue weighted by molar-refractivity contribution is 0.211. The highest BCUT2D eigenvalue weighted by atomic mass is 16.5. The maximum Gasteiger partial charge on any atom is 0.183 e.